The molecule has 0 saturated heterocycles. The fourth-order valence-electron chi connectivity index (χ4n) is 8.19. The van der Waals surface area contributed by atoms with Crippen LogP contribution in [0.4, 0.5) is 0 Å². The number of hydrogen-bond acceptors (Lipinski definition) is 0. The molecule has 1 unspecified atom stereocenters. The number of benzene rings is 7. The molecule has 0 saturated carbocycles. The molecule has 1 nitrogen and oxygen atoms in total. The first kappa shape index (κ1) is 26.3. The second-order valence-corrected chi connectivity index (χ2v) is 12.8. The Labute approximate surface area is 273 Å². The minimum absolute atomic E-state index is 0.326. The molecule has 0 radical (unpaired) electrons. The molecule has 0 aliphatic heterocycles. The highest BCUT2D eigenvalue weighted by atomic mass is 15.0. The van der Waals surface area contributed by atoms with Crippen molar-refractivity contribution in [1.82, 2.24) is 4.57 Å². The number of allylic oxidation sites excluding steroid dienone is 8. The summed E-state index contributed by atoms with van der Waals surface area (Å²) in [6.45, 7) is 0. The van der Waals surface area contributed by atoms with E-state index >= 15 is 0 Å². The van der Waals surface area contributed by atoms with Crippen molar-refractivity contribution in [3.05, 3.63) is 181 Å². The Morgan fingerprint density at radius 1 is 0.489 bits per heavy atom. The number of nitrogens with zero attached hydrogens (tertiary/aromatic N) is 1. The van der Waals surface area contributed by atoms with Gasteiger partial charge in [-0.05, 0) is 74.0 Å². The van der Waals surface area contributed by atoms with E-state index in [-0.39, 0.29) is 0 Å². The van der Waals surface area contributed by atoms with Crippen LogP contribution < -0.4 is 0 Å². The Balaban J connectivity index is 1.30. The molecule has 2 aliphatic carbocycles. The van der Waals surface area contributed by atoms with Gasteiger partial charge in [-0.25, -0.2) is 0 Å². The highest BCUT2D eigenvalue weighted by molar-refractivity contribution is 6.38. The van der Waals surface area contributed by atoms with Gasteiger partial charge in [-0.3, -0.25) is 0 Å². The fourth-order valence-corrected chi connectivity index (χ4v) is 8.19. The van der Waals surface area contributed by atoms with Crippen molar-refractivity contribution < 1.29 is 0 Å². The zero-order valence-electron chi connectivity index (χ0n) is 25.9. The number of para-hydroxylation sites is 1. The molecule has 0 amide bonds. The predicted octanol–water partition coefficient (Wildman–Crippen LogP) is 12.4. The van der Waals surface area contributed by atoms with Crippen LogP contribution in [0.15, 0.2) is 175 Å². The molecule has 220 valence electrons. The molecule has 10 rings (SSSR count). The first-order chi connectivity index (χ1) is 23.3. The van der Waals surface area contributed by atoms with Crippen molar-refractivity contribution in [2.24, 2.45) is 5.92 Å². The van der Waals surface area contributed by atoms with Crippen LogP contribution >= 0.6 is 0 Å². The summed E-state index contributed by atoms with van der Waals surface area (Å²) >= 11 is 0. The maximum atomic E-state index is 2.58. The summed E-state index contributed by atoms with van der Waals surface area (Å²) in [5, 5.41) is 10.5. The maximum Gasteiger partial charge on any atom is 0.0622 e. The summed E-state index contributed by atoms with van der Waals surface area (Å²) in [4.78, 5) is 0. The Morgan fingerprint density at radius 2 is 1.13 bits per heavy atom. The molecule has 7 aromatic carbocycles. The summed E-state index contributed by atoms with van der Waals surface area (Å²) in [5.74, 6) is 0.326. The topological polar surface area (TPSA) is 4.93 Å². The SMILES string of the molecule is C1=CC2=CC=C(n3c4ccccc4c4c5c6ccccc6c(-c6ccccc6)cc5c5ccccc5c43)CC2C=C1c1ccccc1. The van der Waals surface area contributed by atoms with Gasteiger partial charge in [0.1, 0.15) is 0 Å². The van der Waals surface area contributed by atoms with Gasteiger partial charge in [0.05, 0.1) is 11.0 Å². The van der Waals surface area contributed by atoms with Crippen molar-refractivity contribution in [2.75, 3.05) is 0 Å². The van der Waals surface area contributed by atoms with Crippen LogP contribution in [0.1, 0.15) is 12.0 Å². The van der Waals surface area contributed by atoms with Crippen LogP contribution in [0.5, 0.6) is 0 Å². The van der Waals surface area contributed by atoms with E-state index in [4.69, 9.17) is 0 Å². The molecule has 1 heterocycles. The van der Waals surface area contributed by atoms with Crippen molar-refractivity contribution in [2.45, 2.75) is 6.42 Å². The lowest BCUT2D eigenvalue weighted by Gasteiger charge is -2.26. The summed E-state index contributed by atoms with van der Waals surface area (Å²) in [5.41, 5.74) is 10.4. The number of aromatic nitrogens is 1. The van der Waals surface area contributed by atoms with Gasteiger partial charge in [0, 0.05) is 33.2 Å². The van der Waals surface area contributed by atoms with Gasteiger partial charge in [-0.2, -0.15) is 0 Å². The van der Waals surface area contributed by atoms with E-state index in [9.17, 15) is 0 Å². The smallest absolute Gasteiger partial charge is 0.0622 e. The largest absolute Gasteiger partial charge is 0.312 e. The molecule has 0 N–H and O–H groups in total. The molecule has 0 bridgehead atoms. The monoisotopic (exact) mass is 597 g/mol. The molecule has 1 aromatic heterocycles. The number of hydrogen-bond donors (Lipinski definition) is 0. The molecule has 8 aromatic rings. The average molecular weight is 598 g/mol. The molecule has 47 heavy (non-hydrogen) atoms. The Hall–Kier alpha value is -5.92. The van der Waals surface area contributed by atoms with Crippen LogP contribution in [0, 0.1) is 5.92 Å². The van der Waals surface area contributed by atoms with Crippen LogP contribution in [0.3, 0.4) is 0 Å². The highest BCUT2D eigenvalue weighted by Crippen LogP contribution is 2.48. The summed E-state index contributed by atoms with van der Waals surface area (Å²) in [7, 11) is 0. The molecule has 0 spiro atoms. The number of fused-ring (bicyclic) bond motifs is 11. The van der Waals surface area contributed by atoms with Crippen molar-refractivity contribution in [3.8, 4) is 11.1 Å². The van der Waals surface area contributed by atoms with Crippen LogP contribution in [-0.4, -0.2) is 4.57 Å². The second kappa shape index (κ2) is 10.3. The minimum atomic E-state index is 0.326. The summed E-state index contributed by atoms with van der Waals surface area (Å²) in [6.07, 6.45) is 12.7. The molecular weight excluding hydrogens is 567 g/mol. The Morgan fingerprint density at radius 3 is 1.91 bits per heavy atom. The third kappa shape index (κ3) is 3.96. The minimum Gasteiger partial charge on any atom is -0.312 e. The first-order valence-corrected chi connectivity index (χ1v) is 16.5. The zero-order valence-corrected chi connectivity index (χ0v) is 25.9. The normalized spacial score (nSPS) is 16.1. The lowest BCUT2D eigenvalue weighted by molar-refractivity contribution is 0.772. The van der Waals surface area contributed by atoms with E-state index in [1.807, 2.05) is 0 Å². The Kier molecular flexibility index (Phi) is 5.77. The average Bonchev–Trinajstić information content (AvgIpc) is 3.50. The molecule has 2 aliphatic rings. The van der Waals surface area contributed by atoms with Crippen LogP contribution in [0.2, 0.25) is 0 Å². The molecular formula is C46H31N. The van der Waals surface area contributed by atoms with Gasteiger partial charge in [0.25, 0.3) is 0 Å². The van der Waals surface area contributed by atoms with Gasteiger partial charge in [-0.1, -0.05) is 152 Å². The predicted molar refractivity (Wildman–Crippen MR) is 201 cm³/mol. The van der Waals surface area contributed by atoms with Crippen molar-refractivity contribution >= 4 is 65.4 Å². The van der Waals surface area contributed by atoms with Gasteiger partial charge in [0.2, 0.25) is 0 Å². The standard InChI is InChI=1S/C46H31N/c1-3-13-30(14-4-1)33-24-23-31-25-26-35(28-34(31)27-33)47-43-22-12-11-21-40(43)45-44-38-19-9-7-17-36(38)41(32-15-5-2-6-16-32)29-42(44)37-18-8-10-20-39(37)46(45)47/h1-27,29,34H,28H2. The van der Waals surface area contributed by atoms with Crippen LogP contribution in [-0.2, 0) is 0 Å². The van der Waals surface area contributed by atoms with E-state index in [0.29, 0.717) is 5.92 Å². The summed E-state index contributed by atoms with van der Waals surface area (Å²) in [6, 6.07) is 51.1. The lowest BCUT2D eigenvalue weighted by Crippen LogP contribution is -2.11. The van der Waals surface area contributed by atoms with E-state index in [2.05, 4.69) is 174 Å². The maximum absolute atomic E-state index is 2.58. The van der Waals surface area contributed by atoms with Gasteiger partial charge < -0.3 is 4.57 Å². The highest BCUT2D eigenvalue weighted by Gasteiger charge is 2.26. The van der Waals surface area contributed by atoms with E-state index < -0.39 is 0 Å². The molecule has 1 atom stereocenters. The van der Waals surface area contributed by atoms with Crippen molar-refractivity contribution in [1.29, 1.82) is 0 Å². The first-order valence-electron chi connectivity index (χ1n) is 16.5. The van der Waals surface area contributed by atoms with Crippen LogP contribution in [0.25, 0.3) is 76.5 Å². The third-order valence-corrected chi connectivity index (χ3v) is 10.3. The van der Waals surface area contributed by atoms with Crippen molar-refractivity contribution in [3.63, 3.8) is 0 Å². The fraction of sp³-hybridized carbons (Fsp3) is 0.0435. The third-order valence-electron chi connectivity index (χ3n) is 10.3. The van der Waals surface area contributed by atoms with Gasteiger partial charge in [-0.15, -0.1) is 0 Å². The van der Waals surface area contributed by atoms with E-state index in [1.54, 1.807) is 0 Å². The lowest BCUT2D eigenvalue weighted by atomic mass is 9.83. The van der Waals surface area contributed by atoms with Gasteiger partial charge >= 0.3 is 0 Å². The molecule has 0 fully saturated rings. The van der Waals surface area contributed by atoms with E-state index in [0.717, 1.165) is 6.42 Å². The Bertz CT molecular complexity index is 2680. The zero-order chi connectivity index (χ0) is 30.9. The molecule has 1 heteroatoms. The second-order valence-electron chi connectivity index (χ2n) is 12.8. The van der Waals surface area contributed by atoms with E-state index in [1.165, 1.54) is 87.7 Å². The number of rotatable bonds is 3. The summed E-state index contributed by atoms with van der Waals surface area (Å²) < 4.78 is 2.58. The van der Waals surface area contributed by atoms with Gasteiger partial charge in [0.15, 0.2) is 0 Å². The quantitative estimate of drug-likeness (QED) is 0.179.